The number of aromatic nitrogens is 3. The van der Waals surface area contributed by atoms with Crippen LogP contribution in [0.4, 0.5) is 5.95 Å². The Hall–Kier alpha value is -3.74. The molecule has 0 atom stereocenters. The van der Waals surface area contributed by atoms with Crippen LogP contribution in [0.25, 0.3) is 22.2 Å². The number of amides is 1. The Kier molecular flexibility index (Phi) is 4.95. The van der Waals surface area contributed by atoms with Gasteiger partial charge >= 0.3 is 0 Å². The van der Waals surface area contributed by atoms with Crippen LogP contribution < -0.4 is 10.2 Å². The Morgan fingerprint density at radius 3 is 2.62 bits per heavy atom. The van der Waals surface area contributed by atoms with Gasteiger partial charge in [0.15, 0.2) is 5.76 Å². The fourth-order valence-corrected chi connectivity index (χ4v) is 3.06. The number of nitrogens with zero attached hydrogens (tertiary/aromatic N) is 4. The van der Waals surface area contributed by atoms with Gasteiger partial charge in [-0.25, -0.2) is 9.97 Å². The number of hydrogen-bond acceptors (Lipinski definition) is 6. The van der Waals surface area contributed by atoms with Crippen LogP contribution in [0, 0.1) is 6.92 Å². The quantitative estimate of drug-likeness (QED) is 0.563. The summed E-state index contributed by atoms with van der Waals surface area (Å²) in [5.41, 5.74) is 3.77. The van der Waals surface area contributed by atoms with E-state index in [1.807, 2.05) is 62.3 Å². The Morgan fingerprint density at radius 1 is 1.07 bits per heavy atom. The first-order valence-electron chi connectivity index (χ1n) is 9.26. The number of hydrogen-bond donors (Lipinski definition) is 1. The van der Waals surface area contributed by atoms with Crippen LogP contribution in [0.1, 0.15) is 21.7 Å². The number of carbonyl (C=O) groups is 1. The molecule has 1 amide bonds. The third-order valence-corrected chi connectivity index (χ3v) is 4.50. The van der Waals surface area contributed by atoms with Crippen molar-refractivity contribution in [2.45, 2.75) is 13.5 Å². The first kappa shape index (κ1) is 18.6. The summed E-state index contributed by atoms with van der Waals surface area (Å²) >= 11 is 0. The third-order valence-electron chi connectivity index (χ3n) is 4.50. The van der Waals surface area contributed by atoms with Gasteiger partial charge in [0.25, 0.3) is 5.91 Å². The SMILES string of the molecule is Cc1cc(CNC(=O)c2ccc3noc(-c4ccccc4)c3c2)nc(N(C)C)n1. The minimum atomic E-state index is -0.185. The van der Waals surface area contributed by atoms with Crippen molar-refractivity contribution in [1.29, 1.82) is 0 Å². The molecule has 4 rings (SSSR count). The maximum atomic E-state index is 12.7. The Morgan fingerprint density at radius 2 is 1.86 bits per heavy atom. The van der Waals surface area contributed by atoms with Crippen molar-refractivity contribution in [1.82, 2.24) is 20.4 Å². The van der Waals surface area contributed by atoms with Crippen molar-refractivity contribution < 1.29 is 9.32 Å². The summed E-state index contributed by atoms with van der Waals surface area (Å²) in [5, 5.41) is 7.83. The van der Waals surface area contributed by atoms with Crippen molar-refractivity contribution in [3.8, 4) is 11.3 Å². The molecule has 1 N–H and O–H groups in total. The van der Waals surface area contributed by atoms with Crippen molar-refractivity contribution in [2.75, 3.05) is 19.0 Å². The molecule has 0 radical (unpaired) electrons. The zero-order chi connectivity index (χ0) is 20.4. The second kappa shape index (κ2) is 7.71. The van der Waals surface area contributed by atoms with Crippen LogP contribution in [-0.4, -0.2) is 35.1 Å². The summed E-state index contributed by atoms with van der Waals surface area (Å²) in [5.74, 6) is 1.08. The molecule has 4 aromatic rings. The predicted octanol–water partition coefficient (Wildman–Crippen LogP) is 3.59. The normalized spacial score (nSPS) is 10.9. The van der Waals surface area contributed by atoms with Gasteiger partial charge in [-0.15, -0.1) is 0 Å². The number of anilines is 1. The molecule has 0 aliphatic carbocycles. The molecule has 7 heteroatoms. The number of carbonyl (C=O) groups excluding carboxylic acids is 1. The molecule has 2 aromatic carbocycles. The topological polar surface area (TPSA) is 84.2 Å². The predicted molar refractivity (Wildman–Crippen MR) is 112 cm³/mol. The van der Waals surface area contributed by atoms with Crippen molar-refractivity contribution in [3.63, 3.8) is 0 Å². The van der Waals surface area contributed by atoms with E-state index in [-0.39, 0.29) is 5.91 Å². The minimum Gasteiger partial charge on any atom is -0.355 e. The van der Waals surface area contributed by atoms with Gasteiger partial charge in [0, 0.05) is 30.9 Å². The molecule has 0 saturated heterocycles. The lowest BCUT2D eigenvalue weighted by Crippen LogP contribution is -2.24. The largest absolute Gasteiger partial charge is 0.355 e. The number of aryl methyl sites for hydroxylation is 1. The summed E-state index contributed by atoms with van der Waals surface area (Å²) in [6.07, 6.45) is 0. The highest BCUT2D eigenvalue weighted by Crippen LogP contribution is 2.29. The van der Waals surface area contributed by atoms with Crippen LogP contribution in [0.15, 0.2) is 59.1 Å². The van der Waals surface area contributed by atoms with Crippen LogP contribution in [0.2, 0.25) is 0 Å². The smallest absolute Gasteiger partial charge is 0.251 e. The average molecular weight is 387 g/mol. The average Bonchev–Trinajstić information content (AvgIpc) is 3.15. The Bertz CT molecular complexity index is 1170. The van der Waals surface area contributed by atoms with Crippen molar-refractivity contribution in [2.24, 2.45) is 0 Å². The van der Waals surface area contributed by atoms with E-state index in [1.165, 1.54) is 0 Å². The van der Waals surface area contributed by atoms with E-state index >= 15 is 0 Å². The highest BCUT2D eigenvalue weighted by atomic mass is 16.5. The Labute approximate surface area is 168 Å². The molecule has 0 aliphatic rings. The van der Waals surface area contributed by atoms with Crippen LogP contribution >= 0.6 is 0 Å². The summed E-state index contributed by atoms with van der Waals surface area (Å²) in [6.45, 7) is 2.22. The molecule has 7 nitrogen and oxygen atoms in total. The van der Waals surface area contributed by atoms with Crippen molar-refractivity contribution in [3.05, 3.63) is 71.5 Å². The van der Waals surface area contributed by atoms with Gasteiger partial charge in [0.2, 0.25) is 5.95 Å². The second-order valence-corrected chi connectivity index (χ2v) is 6.99. The highest BCUT2D eigenvalue weighted by Gasteiger charge is 2.14. The van der Waals surface area contributed by atoms with Gasteiger partial charge in [0.05, 0.1) is 17.6 Å². The molecule has 146 valence electrons. The van der Waals surface area contributed by atoms with E-state index in [0.717, 1.165) is 22.3 Å². The number of rotatable bonds is 5. The van der Waals surface area contributed by atoms with E-state index in [0.29, 0.717) is 29.3 Å². The number of fused-ring (bicyclic) bond motifs is 1. The van der Waals surface area contributed by atoms with E-state index in [2.05, 4.69) is 20.4 Å². The van der Waals surface area contributed by atoms with Gasteiger partial charge in [-0.05, 0) is 31.2 Å². The summed E-state index contributed by atoms with van der Waals surface area (Å²) in [7, 11) is 3.77. The third kappa shape index (κ3) is 3.94. The molecule has 0 aliphatic heterocycles. The molecule has 0 bridgehead atoms. The van der Waals surface area contributed by atoms with E-state index in [1.54, 1.807) is 18.2 Å². The molecule has 29 heavy (non-hydrogen) atoms. The van der Waals surface area contributed by atoms with Gasteiger partial charge in [-0.1, -0.05) is 35.5 Å². The number of nitrogens with one attached hydrogen (secondary N) is 1. The summed E-state index contributed by atoms with van der Waals surface area (Å²) in [4.78, 5) is 23.4. The molecule has 2 heterocycles. The van der Waals surface area contributed by atoms with Gasteiger partial charge in [-0.3, -0.25) is 4.79 Å². The fraction of sp³-hybridized carbons (Fsp3) is 0.182. The first-order valence-corrected chi connectivity index (χ1v) is 9.26. The van der Waals surface area contributed by atoms with Crippen LogP contribution in [0.3, 0.4) is 0 Å². The highest BCUT2D eigenvalue weighted by molar-refractivity contribution is 6.00. The van der Waals surface area contributed by atoms with E-state index in [9.17, 15) is 4.79 Å². The van der Waals surface area contributed by atoms with Gasteiger partial charge in [0.1, 0.15) is 5.52 Å². The molecule has 0 spiro atoms. The molecular formula is C22H21N5O2. The molecule has 2 aromatic heterocycles. The molecule has 0 fully saturated rings. The Balaban J connectivity index is 1.56. The zero-order valence-corrected chi connectivity index (χ0v) is 16.5. The lowest BCUT2D eigenvalue weighted by molar-refractivity contribution is 0.0950. The maximum absolute atomic E-state index is 12.7. The second-order valence-electron chi connectivity index (χ2n) is 6.99. The van der Waals surface area contributed by atoms with Gasteiger partial charge < -0.3 is 14.7 Å². The molecule has 0 unspecified atom stereocenters. The maximum Gasteiger partial charge on any atom is 0.251 e. The molecule has 0 saturated carbocycles. The summed E-state index contributed by atoms with van der Waals surface area (Å²) in [6, 6.07) is 16.9. The summed E-state index contributed by atoms with van der Waals surface area (Å²) < 4.78 is 5.51. The molecular weight excluding hydrogens is 366 g/mol. The first-order chi connectivity index (χ1) is 14.0. The lowest BCUT2D eigenvalue weighted by Gasteiger charge is -2.12. The van der Waals surface area contributed by atoms with Crippen LogP contribution in [0.5, 0.6) is 0 Å². The monoisotopic (exact) mass is 387 g/mol. The number of benzene rings is 2. The minimum absolute atomic E-state index is 0.185. The fourth-order valence-electron chi connectivity index (χ4n) is 3.06. The van der Waals surface area contributed by atoms with E-state index < -0.39 is 0 Å². The van der Waals surface area contributed by atoms with Gasteiger partial charge in [-0.2, -0.15) is 0 Å². The zero-order valence-electron chi connectivity index (χ0n) is 16.5. The standard InChI is InChI=1S/C22H21N5O2/c1-14-11-17(25-22(24-14)27(2)3)13-23-21(28)16-9-10-19-18(12-16)20(29-26-19)15-7-5-4-6-8-15/h4-12H,13H2,1-3H3,(H,23,28). The van der Waals surface area contributed by atoms with Crippen LogP contribution in [-0.2, 0) is 6.54 Å². The van der Waals surface area contributed by atoms with Crippen molar-refractivity contribution >= 4 is 22.8 Å². The lowest BCUT2D eigenvalue weighted by atomic mass is 10.1. The van der Waals surface area contributed by atoms with E-state index in [4.69, 9.17) is 4.52 Å².